The van der Waals surface area contributed by atoms with Gasteiger partial charge in [-0.3, -0.25) is 4.55 Å². The first kappa shape index (κ1) is 16.8. The molecule has 0 saturated carbocycles. The molecule has 0 saturated heterocycles. The van der Waals surface area contributed by atoms with Crippen LogP contribution in [-0.2, 0) is 19.3 Å². The Morgan fingerprint density at radius 3 is 2.65 bits per heavy atom. The topological polar surface area (TPSA) is 105 Å². The van der Waals surface area contributed by atoms with E-state index in [1.807, 2.05) is 0 Å². The Bertz CT molecular complexity index is 269. The molecule has 0 aromatic carbocycles. The van der Waals surface area contributed by atoms with Crippen molar-refractivity contribution >= 4 is 10.4 Å². The monoisotopic (exact) mass is 271 g/mol. The molecule has 0 aromatic rings. The molecule has 0 radical (unpaired) electrons. The van der Waals surface area contributed by atoms with Gasteiger partial charge in [0.05, 0.1) is 19.3 Å². The molecule has 0 aliphatic carbocycles. The Labute approximate surface area is 102 Å². The average molecular weight is 271 g/mol. The molecule has 7 nitrogen and oxygen atoms in total. The lowest BCUT2D eigenvalue weighted by atomic mass is 10.3. The molecule has 8 heteroatoms. The molecule has 0 aromatic heterocycles. The number of aliphatic hydroxyl groups excluding tert-OH is 1. The Morgan fingerprint density at radius 2 is 2.06 bits per heavy atom. The largest absolute Gasteiger partial charge is 0.397 e. The summed E-state index contributed by atoms with van der Waals surface area (Å²) in [6.45, 7) is 3.23. The fourth-order valence-electron chi connectivity index (χ4n) is 1.01. The number of unbranched alkanes of at least 4 members (excludes halogenated alkanes) is 1. The molecular formula is C9H21NO6S. The van der Waals surface area contributed by atoms with Crippen LogP contribution in [0.25, 0.3) is 0 Å². The van der Waals surface area contributed by atoms with Gasteiger partial charge in [-0.05, 0) is 6.42 Å². The highest BCUT2D eigenvalue weighted by Crippen LogP contribution is 1.90. The van der Waals surface area contributed by atoms with Crippen LogP contribution in [0, 0.1) is 0 Å². The summed E-state index contributed by atoms with van der Waals surface area (Å²) in [6.07, 6.45) is 1.36. The molecule has 0 rings (SSSR count). The van der Waals surface area contributed by atoms with Crippen molar-refractivity contribution in [3.8, 4) is 0 Å². The minimum Gasteiger partial charge on any atom is -0.389 e. The summed E-state index contributed by atoms with van der Waals surface area (Å²) in [5.74, 6) is 0. The number of hydrogen-bond donors (Lipinski definition) is 3. The maximum absolute atomic E-state index is 10.2. The van der Waals surface area contributed by atoms with E-state index < -0.39 is 16.5 Å². The second-order valence-electron chi connectivity index (χ2n) is 3.54. The molecule has 104 valence electrons. The van der Waals surface area contributed by atoms with Crippen molar-refractivity contribution in [1.82, 2.24) is 5.32 Å². The molecule has 0 aliphatic heterocycles. The number of aliphatic hydroxyl groups is 1. The van der Waals surface area contributed by atoms with Crippen LogP contribution in [0.5, 0.6) is 0 Å². The minimum atomic E-state index is -4.37. The predicted molar refractivity (Wildman–Crippen MR) is 62.1 cm³/mol. The molecule has 0 bridgehead atoms. The summed E-state index contributed by atoms with van der Waals surface area (Å²) >= 11 is 0. The number of nitrogens with one attached hydrogen (secondary N) is 1. The lowest BCUT2D eigenvalue weighted by Gasteiger charge is -2.11. The molecular weight excluding hydrogens is 250 g/mol. The Kier molecular flexibility index (Phi) is 9.60. The highest BCUT2D eigenvalue weighted by molar-refractivity contribution is 7.80. The van der Waals surface area contributed by atoms with E-state index in [0.717, 1.165) is 12.8 Å². The van der Waals surface area contributed by atoms with E-state index in [0.29, 0.717) is 6.61 Å². The van der Waals surface area contributed by atoms with Crippen molar-refractivity contribution in [3.63, 3.8) is 0 Å². The van der Waals surface area contributed by atoms with Gasteiger partial charge in [0.2, 0.25) is 0 Å². The van der Waals surface area contributed by atoms with Crippen LogP contribution in [-0.4, -0.2) is 57.1 Å². The quantitative estimate of drug-likeness (QED) is 0.346. The zero-order chi connectivity index (χ0) is 13.1. The minimum absolute atomic E-state index is 0.178. The van der Waals surface area contributed by atoms with Gasteiger partial charge in [-0.25, -0.2) is 4.18 Å². The third-order valence-corrected chi connectivity index (χ3v) is 2.31. The normalized spacial score (nSPS) is 13.8. The van der Waals surface area contributed by atoms with E-state index >= 15 is 0 Å². The molecule has 0 aliphatic rings. The molecule has 0 heterocycles. The van der Waals surface area contributed by atoms with Crippen molar-refractivity contribution in [2.75, 3.05) is 32.9 Å². The van der Waals surface area contributed by atoms with Gasteiger partial charge >= 0.3 is 10.4 Å². The maximum atomic E-state index is 10.2. The standard InChI is InChI=1S/C9H21NO6S/c1-2-3-5-15-8-9(11)7-10-4-6-16-17(12,13)14/h9-11H,2-8H2,1H3,(H,12,13,14). The van der Waals surface area contributed by atoms with Crippen LogP contribution < -0.4 is 5.32 Å². The number of rotatable bonds is 11. The first-order valence-electron chi connectivity index (χ1n) is 5.54. The molecule has 3 N–H and O–H groups in total. The van der Waals surface area contributed by atoms with E-state index in [-0.39, 0.29) is 26.3 Å². The first-order valence-corrected chi connectivity index (χ1v) is 6.90. The van der Waals surface area contributed by atoms with Gasteiger partial charge in [0.15, 0.2) is 0 Å². The van der Waals surface area contributed by atoms with Crippen LogP contribution in [0.1, 0.15) is 19.8 Å². The lowest BCUT2D eigenvalue weighted by Crippen LogP contribution is -2.32. The van der Waals surface area contributed by atoms with Gasteiger partial charge in [0.25, 0.3) is 0 Å². The zero-order valence-corrected chi connectivity index (χ0v) is 10.8. The first-order chi connectivity index (χ1) is 7.95. The third kappa shape index (κ3) is 13.7. The molecule has 1 atom stereocenters. The Balaban J connectivity index is 3.30. The van der Waals surface area contributed by atoms with Crippen LogP contribution in [0.15, 0.2) is 0 Å². The van der Waals surface area contributed by atoms with Gasteiger partial charge in [-0.1, -0.05) is 13.3 Å². The molecule has 0 fully saturated rings. The van der Waals surface area contributed by atoms with Crippen molar-refractivity contribution < 1.29 is 27.0 Å². The molecule has 0 amide bonds. The predicted octanol–water partition coefficient (Wildman–Crippen LogP) is -0.427. The summed E-state index contributed by atoms with van der Waals surface area (Å²) in [5, 5.41) is 12.2. The van der Waals surface area contributed by atoms with Crippen molar-refractivity contribution in [3.05, 3.63) is 0 Å². The Hall–Kier alpha value is -0.250. The van der Waals surface area contributed by atoms with Crippen LogP contribution in [0.2, 0.25) is 0 Å². The van der Waals surface area contributed by atoms with E-state index in [9.17, 15) is 13.5 Å². The van der Waals surface area contributed by atoms with Crippen LogP contribution in [0.3, 0.4) is 0 Å². The SMILES string of the molecule is CCCCOCC(O)CNCCOS(=O)(=O)O. The van der Waals surface area contributed by atoms with E-state index in [2.05, 4.69) is 16.4 Å². The highest BCUT2D eigenvalue weighted by Gasteiger charge is 2.05. The van der Waals surface area contributed by atoms with Gasteiger partial charge < -0.3 is 15.2 Å². The summed E-state index contributed by atoms with van der Waals surface area (Å²) in [6, 6.07) is 0. The number of ether oxygens (including phenoxy) is 1. The van der Waals surface area contributed by atoms with E-state index in [1.54, 1.807) is 0 Å². The fraction of sp³-hybridized carbons (Fsp3) is 1.00. The highest BCUT2D eigenvalue weighted by atomic mass is 32.3. The number of hydrogen-bond acceptors (Lipinski definition) is 6. The molecule has 17 heavy (non-hydrogen) atoms. The van der Waals surface area contributed by atoms with Gasteiger partial charge in [0.1, 0.15) is 0 Å². The average Bonchev–Trinajstić information content (AvgIpc) is 2.22. The van der Waals surface area contributed by atoms with Crippen molar-refractivity contribution in [1.29, 1.82) is 0 Å². The fourth-order valence-corrected chi connectivity index (χ4v) is 1.31. The molecule has 0 spiro atoms. The summed E-state index contributed by atoms with van der Waals surface area (Å²) in [4.78, 5) is 0. The van der Waals surface area contributed by atoms with Crippen LogP contribution >= 0.6 is 0 Å². The summed E-state index contributed by atoms with van der Waals surface area (Å²) in [7, 11) is -4.37. The zero-order valence-electron chi connectivity index (χ0n) is 9.96. The smallest absolute Gasteiger partial charge is 0.389 e. The summed E-state index contributed by atoms with van der Waals surface area (Å²) in [5.41, 5.74) is 0. The van der Waals surface area contributed by atoms with E-state index in [1.165, 1.54) is 0 Å². The third-order valence-electron chi connectivity index (χ3n) is 1.84. The lowest BCUT2D eigenvalue weighted by molar-refractivity contribution is 0.0356. The van der Waals surface area contributed by atoms with Gasteiger partial charge in [-0.15, -0.1) is 0 Å². The second-order valence-corrected chi connectivity index (χ2v) is 4.63. The van der Waals surface area contributed by atoms with Gasteiger partial charge in [-0.2, -0.15) is 8.42 Å². The van der Waals surface area contributed by atoms with Crippen molar-refractivity contribution in [2.45, 2.75) is 25.9 Å². The van der Waals surface area contributed by atoms with Crippen molar-refractivity contribution in [2.24, 2.45) is 0 Å². The van der Waals surface area contributed by atoms with Gasteiger partial charge in [0, 0.05) is 19.7 Å². The van der Waals surface area contributed by atoms with E-state index in [4.69, 9.17) is 9.29 Å². The maximum Gasteiger partial charge on any atom is 0.397 e. The molecule has 1 unspecified atom stereocenters. The second kappa shape index (κ2) is 9.75. The summed E-state index contributed by atoms with van der Waals surface area (Å²) < 4.78 is 37.8. The van der Waals surface area contributed by atoms with Crippen LogP contribution in [0.4, 0.5) is 0 Å². The Morgan fingerprint density at radius 1 is 1.35 bits per heavy atom.